The van der Waals surface area contributed by atoms with Gasteiger partial charge in [0.25, 0.3) is 5.91 Å². The average Bonchev–Trinajstić information content (AvgIpc) is 2.94. The Morgan fingerprint density at radius 1 is 1.00 bits per heavy atom. The second kappa shape index (κ2) is 12.3. The minimum Gasteiger partial charge on any atom is -0.394 e. The van der Waals surface area contributed by atoms with Gasteiger partial charge in [0.05, 0.1) is 30.9 Å². The summed E-state index contributed by atoms with van der Waals surface area (Å²) in [6.07, 6.45) is -4.65. The summed E-state index contributed by atoms with van der Waals surface area (Å²) in [4.78, 5) is 17.6. The van der Waals surface area contributed by atoms with E-state index in [9.17, 15) is 23.1 Å². The van der Waals surface area contributed by atoms with E-state index in [2.05, 4.69) is 0 Å². The zero-order valence-corrected chi connectivity index (χ0v) is 22.5. The third kappa shape index (κ3) is 6.87. The molecule has 1 heterocycles. The summed E-state index contributed by atoms with van der Waals surface area (Å²) in [6.45, 7) is 5.36. The topological polar surface area (TPSA) is 53.0 Å². The van der Waals surface area contributed by atoms with Crippen LogP contribution in [0.15, 0.2) is 72.8 Å². The molecule has 0 saturated carbocycles. The maximum atomic E-state index is 13.9. The molecule has 0 radical (unpaired) electrons. The summed E-state index contributed by atoms with van der Waals surface area (Å²) < 4.78 is 45.4. The third-order valence-corrected chi connectivity index (χ3v) is 7.32. The Balaban J connectivity index is 1.62. The van der Waals surface area contributed by atoms with Gasteiger partial charge in [-0.25, -0.2) is 0 Å². The van der Waals surface area contributed by atoms with E-state index in [1.165, 1.54) is 12.1 Å². The van der Waals surface area contributed by atoms with E-state index >= 15 is 0 Å². The van der Waals surface area contributed by atoms with Crippen LogP contribution in [0.5, 0.6) is 0 Å². The molecule has 208 valence electrons. The number of amides is 1. The van der Waals surface area contributed by atoms with Gasteiger partial charge in [-0.15, -0.1) is 0 Å². The highest BCUT2D eigenvalue weighted by Gasteiger charge is 2.31. The maximum Gasteiger partial charge on any atom is 0.416 e. The number of carbonyl (C=O) groups excluding carboxylic acids is 1. The molecule has 0 spiro atoms. The number of hydrogen-bond acceptors (Lipinski definition) is 4. The van der Waals surface area contributed by atoms with E-state index in [1.54, 1.807) is 4.90 Å². The van der Waals surface area contributed by atoms with Gasteiger partial charge in [-0.3, -0.25) is 9.69 Å². The lowest BCUT2D eigenvalue weighted by Crippen LogP contribution is -2.47. The number of aliphatic hydroxyl groups excluding tert-OH is 1. The average molecular weight is 541 g/mol. The van der Waals surface area contributed by atoms with Gasteiger partial charge >= 0.3 is 6.18 Å². The summed E-state index contributed by atoms with van der Waals surface area (Å²) >= 11 is 0. The van der Waals surface area contributed by atoms with Crippen molar-refractivity contribution in [3.63, 3.8) is 0 Å². The summed E-state index contributed by atoms with van der Waals surface area (Å²) in [5, 5.41) is 9.98. The first-order chi connectivity index (χ1) is 18.6. The zero-order valence-electron chi connectivity index (χ0n) is 22.5. The van der Waals surface area contributed by atoms with Crippen molar-refractivity contribution in [3.8, 4) is 11.1 Å². The molecule has 0 bridgehead atoms. The molecule has 3 aromatic carbocycles. The number of ether oxygens (including phenoxy) is 1. The van der Waals surface area contributed by atoms with Gasteiger partial charge in [0.2, 0.25) is 0 Å². The zero-order chi connectivity index (χ0) is 28.2. The van der Waals surface area contributed by atoms with Crippen LogP contribution in [0, 0.1) is 5.92 Å². The quantitative estimate of drug-likeness (QED) is 0.426. The number of nitrogens with zero attached hydrogens (tertiary/aromatic N) is 2. The number of benzene rings is 3. The van der Waals surface area contributed by atoms with Crippen molar-refractivity contribution in [1.82, 2.24) is 9.80 Å². The first-order valence-electron chi connectivity index (χ1n) is 13.1. The molecule has 4 rings (SSSR count). The van der Waals surface area contributed by atoms with Crippen LogP contribution in [0.1, 0.15) is 40.9 Å². The van der Waals surface area contributed by atoms with E-state index in [1.807, 2.05) is 74.3 Å². The molecule has 5 nitrogen and oxygen atoms in total. The van der Waals surface area contributed by atoms with Crippen molar-refractivity contribution in [2.45, 2.75) is 45.3 Å². The Kier molecular flexibility index (Phi) is 9.10. The highest BCUT2D eigenvalue weighted by atomic mass is 19.4. The van der Waals surface area contributed by atoms with Gasteiger partial charge in [-0.05, 0) is 54.4 Å². The number of halogens is 3. The fourth-order valence-corrected chi connectivity index (χ4v) is 5.03. The Bertz CT molecular complexity index is 1260. The van der Waals surface area contributed by atoms with Crippen molar-refractivity contribution in [2.75, 3.05) is 26.7 Å². The van der Waals surface area contributed by atoms with Gasteiger partial charge in [-0.1, -0.05) is 61.5 Å². The van der Waals surface area contributed by atoms with E-state index in [0.717, 1.165) is 34.4 Å². The lowest BCUT2D eigenvalue weighted by Gasteiger charge is -2.35. The SMILES string of the molecule is C[C@@H]1CN([C@@H](C)CO)C(=O)c2ccccc2-c2ccccc2CO[C@@H]1CN(C)Cc1ccc(C(F)(F)F)cc1. The predicted molar refractivity (Wildman–Crippen MR) is 145 cm³/mol. The number of rotatable bonds is 6. The van der Waals surface area contributed by atoms with Crippen molar-refractivity contribution in [3.05, 3.63) is 95.1 Å². The molecule has 0 aliphatic carbocycles. The Morgan fingerprint density at radius 2 is 1.62 bits per heavy atom. The highest BCUT2D eigenvalue weighted by Crippen LogP contribution is 2.32. The molecule has 3 aromatic rings. The first-order valence-corrected chi connectivity index (χ1v) is 13.1. The molecule has 1 aliphatic rings. The summed E-state index contributed by atoms with van der Waals surface area (Å²) in [7, 11) is 1.90. The highest BCUT2D eigenvalue weighted by molar-refractivity contribution is 6.01. The predicted octanol–water partition coefficient (Wildman–Crippen LogP) is 5.86. The molecule has 0 aromatic heterocycles. The van der Waals surface area contributed by atoms with Crippen LogP contribution in [0.3, 0.4) is 0 Å². The van der Waals surface area contributed by atoms with Gasteiger partial charge in [0.1, 0.15) is 0 Å². The second-order valence-electron chi connectivity index (χ2n) is 10.4. The molecule has 3 atom stereocenters. The fraction of sp³-hybridized carbons (Fsp3) is 0.387. The van der Waals surface area contributed by atoms with E-state index in [-0.39, 0.29) is 24.5 Å². The van der Waals surface area contributed by atoms with E-state index in [0.29, 0.717) is 31.8 Å². The summed E-state index contributed by atoms with van der Waals surface area (Å²) in [6, 6.07) is 20.2. The van der Waals surface area contributed by atoms with Crippen LogP contribution < -0.4 is 0 Å². The molecule has 0 fully saturated rings. The number of hydrogen-bond donors (Lipinski definition) is 1. The molecule has 0 unspecified atom stereocenters. The summed E-state index contributed by atoms with van der Waals surface area (Å²) in [5.41, 5.74) is 3.38. The number of likely N-dealkylation sites (N-methyl/N-ethyl adjacent to an activating group) is 1. The molecule has 8 heteroatoms. The lowest BCUT2D eigenvalue weighted by atomic mass is 9.94. The normalized spacial score (nSPS) is 19.3. The van der Waals surface area contributed by atoms with Crippen LogP contribution in [0.4, 0.5) is 13.2 Å². The van der Waals surface area contributed by atoms with Crippen LogP contribution in [-0.4, -0.2) is 59.7 Å². The Hall–Kier alpha value is -3.20. The number of aliphatic hydroxyl groups is 1. The maximum absolute atomic E-state index is 13.9. The van der Waals surface area contributed by atoms with Crippen LogP contribution in [0.2, 0.25) is 0 Å². The minimum absolute atomic E-state index is 0.0876. The smallest absolute Gasteiger partial charge is 0.394 e. The van der Waals surface area contributed by atoms with Crippen molar-refractivity contribution >= 4 is 5.91 Å². The third-order valence-electron chi connectivity index (χ3n) is 7.32. The van der Waals surface area contributed by atoms with Crippen LogP contribution >= 0.6 is 0 Å². The first kappa shape index (κ1) is 28.8. The Labute approximate surface area is 227 Å². The molecular weight excluding hydrogens is 505 g/mol. The lowest BCUT2D eigenvalue weighted by molar-refractivity contribution is -0.137. The summed E-state index contributed by atoms with van der Waals surface area (Å²) in [5.74, 6) is -0.233. The van der Waals surface area contributed by atoms with Crippen molar-refractivity contribution in [1.29, 1.82) is 0 Å². The van der Waals surface area contributed by atoms with Crippen molar-refractivity contribution in [2.24, 2.45) is 5.92 Å². The molecule has 1 amide bonds. The van der Waals surface area contributed by atoms with Gasteiger partial charge in [-0.2, -0.15) is 13.2 Å². The van der Waals surface area contributed by atoms with E-state index < -0.39 is 17.8 Å². The molecule has 39 heavy (non-hydrogen) atoms. The number of fused-ring (bicyclic) bond motifs is 3. The van der Waals surface area contributed by atoms with Gasteiger partial charge in [0.15, 0.2) is 0 Å². The van der Waals surface area contributed by atoms with Gasteiger partial charge in [0, 0.05) is 31.1 Å². The van der Waals surface area contributed by atoms with Crippen LogP contribution in [0.25, 0.3) is 11.1 Å². The number of carbonyl (C=O) groups is 1. The van der Waals surface area contributed by atoms with Crippen molar-refractivity contribution < 1.29 is 27.8 Å². The standard InChI is InChI=1S/C31H35F3N2O3/c1-21-16-36(22(2)19-37)30(38)28-11-7-6-10-27(28)26-9-5-4-8-24(26)20-39-29(21)18-35(3)17-23-12-14-25(15-13-23)31(32,33)34/h4-15,21-22,29,37H,16-20H2,1-3H3/t21-,22+,29-/m1/s1. The molecule has 1 N–H and O–H groups in total. The second-order valence-corrected chi connectivity index (χ2v) is 10.4. The van der Waals surface area contributed by atoms with Crippen LogP contribution in [-0.2, 0) is 24.1 Å². The van der Waals surface area contributed by atoms with Gasteiger partial charge < -0.3 is 14.7 Å². The van der Waals surface area contributed by atoms with E-state index in [4.69, 9.17) is 4.74 Å². The minimum atomic E-state index is -4.37. The number of alkyl halides is 3. The molecule has 0 saturated heterocycles. The molecule has 1 aliphatic heterocycles. The molecular formula is C31H35F3N2O3. The fourth-order valence-electron chi connectivity index (χ4n) is 5.03. The monoisotopic (exact) mass is 540 g/mol. The largest absolute Gasteiger partial charge is 0.416 e. The Morgan fingerprint density at radius 3 is 2.26 bits per heavy atom.